The summed E-state index contributed by atoms with van der Waals surface area (Å²) < 4.78 is 2.00. The summed E-state index contributed by atoms with van der Waals surface area (Å²) in [5.41, 5.74) is 1.24. The van der Waals surface area contributed by atoms with Crippen molar-refractivity contribution in [1.29, 1.82) is 0 Å². The maximum atomic E-state index is 4.88. The van der Waals surface area contributed by atoms with Gasteiger partial charge in [-0.25, -0.2) is 4.99 Å². The second-order valence-electron chi connectivity index (χ2n) is 9.31. The SMILES string of the molecule is Cc1nnc(CN=C(NCC(C(C)C)N2CCCCCC2)NC(C)c2ccccc2)n1C. The molecular weight excluding hydrogens is 398 g/mol. The molecule has 1 aliphatic heterocycles. The smallest absolute Gasteiger partial charge is 0.192 e. The van der Waals surface area contributed by atoms with Crippen LogP contribution in [0.15, 0.2) is 35.3 Å². The van der Waals surface area contributed by atoms with Gasteiger partial charge in [-0.3, -0.25) is 4.90 Å². The van der Waals surface area contributed by atoms with Crippen LogP contribution in [-0.4, -0.2) is 51.3 Å². The zero-order chi connectivity index (χ0) is 22.9. The maximum absolute atomic E-state index is 4.88. The first-order valence-corrected chi connectivity index (χ1v) is 12.1. The van der Waals surface area contributed by atoms with Crippen LogP contribution in [-0.2, 0) is 13.6 Å². The number of guanidine groups is 1. The van der Waals surface area contributed by atoms with Crippen LogP contribution >= 0.6 is 0 Å². The largest absolute Gasteiger partial charge is 0.355 e. The number of benzene rings is 1. The summed E-state index contributed by atoms with van der Waals surface area (Å²) in [6, 6.07) is 11.1. The predicted octanol–water partition coefficient (Wildman–Crippen LogP) is 3.82. The topological polar surface area (TPSA) is 70.4 Å². The minimum atomic E-state index is 0.152. The molecule has 0 radical (unpaired) electrons. The van der Waals surface area contributed by atoms with Gasteiger partial charge in [0.1, 0.15) is 12.4 Å². The summed E-state index contributed by atoms with van der Waals surface area (Å²) in [5.74, 6) is 3.16. The molecule has 1 aliphatic rings. The first kappa shape index (κ1) is 24.2. The normalized spacial score (nSPS) is 17.8. The first-order chi connectivity index (χ1) is 15.5. The predicted molar refractivity (Wildman–Crippen MR) is 132 cm³/mol. The number of nitrogens with one attached hydrogen (secondary N) is 2. The van der Waals surface area contributed by atoms with Gasteiger partial charge in [0, 0.05) is 19.6 Å². The van der Waals surface area contributed by atoms with E-state index in [1.807, 2.05) is 24.6 Å². The molecule has 0 amide bonds. The second kappa shape index (κ2) is 12.0. The molecule has 3 rings (SSSR count). The molecule has 2 heterocycles. The van der Waals surface area contributed by atoms with Crippen molar-refractivity contribution in [1.82, 2.24) is 30.3 Å². The average molecular weight is 440 g/mol. The maximum Gasteiger partial charge on any atom is 0.192 e. The number of hydrogen-bond donors (Lipinski definition) is 2. The van der Waals surface area contributed by atoms with Crippen LogP contribution in [0.5, 0.6) is 0 Å². The molecule has 0 aliphatic carbocycles. The Bertz CT molecular complexity index is 835. The Morgan fingerprint density at radius 2 is 1.72 bits per heavy atom. The molecule has 0 spiro atoms. The lowest BCUT2D eigenvalue weighted by atomic mass is 10.0. The minimum Gasteiger partial charge on any atom is -0.355 e. The fraction of sp³-hybridized carbons (Fsp3) is 0.640. The number of rotatable bonds is 8. The third-order valence-electron chi connectivity index (χ3n) is 6.57. The highest BCUT2D eigenvalue weighted by Gasteiger charge is 2.23. The Hall–Kier alpha value is -2.41. The van der Waals surface area contributed by atoms with Gasteiger partial charge in [-0.2, -0.15) is 0 Å². The number of aryl methyl sites for hydroxylation is 1. The third kappa shape index (κ3) is 6.79. The Labute approximate surface area is 193 Å². The fourth-order valence-electron chi connectivity index (χ4n) is 4.34. The van der Waals surface area contributed by atoms with Crippen molar-refractivity contribution >= 4 is 5.96 Å². The van der Waals surface area contributed by atoms with Crippen LogP contribution in [0.1, 0.15) is 69.7 Å². The highest BCUT2D eigenvalue weighted by atomic mass is 15.3. The van der Waals surface area contributed by atoms with Gasteiger partial charge in [0.2, 0.25) is 0 Å². The first-order valence-electron chi connectivity index (χ1n) is 12.1. The highest BCUT2D eigenvalue weighted by molar-refractivity contribution is 5.80. The van der Waals surface area contributed by atoms with Gasteiger partial charge < -0.3 is 15.2 Å². The van der Waals surface area contributed by atoms with Gasteiger partial charge in [0.05, 0.1) is 6.04 Å². The summed E-state index contributed by atoms with van der Waals surface area (Å²) in [6.07, 6.45) is 5.32. The summed E-state index contributed by atoms with van der Waals surface area (Å²) >= 11 is 0. The van der Waals surface area contributed by atoms with Gasteiger partial charge in [0.15, 0.2) is 11.8 Å². The monoisotopic (exact) mass is 439 g/mol. The van der Waals surface area contributed by atoms with Gasteiger partial charge >= 0.3 is 0 Å². The minimum absolute atomic E-state index is 0.152. The fourth-order valence-corrected chi connectivity index (χ4v) is 4.34. The number of hydrogen-bond acceptors (Lipinski definition) is 4. The number of nitrogens with zero attached hydrogens (tertiary/aromatic N) is 5. The molecular formula is C25H41N7. The van der Waals surface area contributed by atoms with Crippen molar-refractivity contribution in [2.24, 2.45) is 18.0 Å². The van der Waals surface area contributed by atoms with Crippen molar-refractivity contribution < 1.29 is 0 Å². The van der Waals surface area contributed by atoms with Crippen LogP contribution in [0, 0.1) is 12.8 Å². The van der Waals surface area contributed by atoms with Gasteiger partial charge in [-0.15, -0.1) is 10.2 Å². The lowest BCUT2D eigenvalue weighted by molar-refractivity contribution is 0.161. The molecule has 2 aromatic rings. The zero-order valence-electron chi connectivity index (χ0n) is 20.5. The van der Waals surface area contributed by atoms with Crippen molar-refractivity contribution in [2.45, 2.75) is 72.0 Å². The van der Waals surface area contributed by atoms with Crippen LogP contribution in [0.3, 0.4) is 0 Å². The Balaban J connectivity index is 1.72. The molecule has 2 N–H and O–H groups in total. The van der Waals surface area contributed by atoms with Crippen molar-refractivity contribution in [3.05, 3.63) is 47.5 Å². The van der Waals surface area contributed by atoms with E-state index >= 15 is 0 Å². The second-order valence-corrected chi connectivity index (χ2v) is 9.31. The standard InChI is InChI=1S/C25H41N7/c1-19(2)23(32-15-11-6-7-12-16-32)17-26-25(27-18-24-30-29-21(4)31(24)5)28-20(3)22-13-9-8-10-14-22/h8-10,13-14,19-20,23H,6-7,11-12,15-18H2,1-5H3,(H2,26,27,28). The summed E-state index contributed by atoms with van der Waals surface area (Å²) in [5, 5.41) is 15.7. The van der Waals surface area contributed by atoms with Gasteiger partial charge in [-0.1, -0.05) is 57.0 Å². The van der Waals surface area contributed by atoms with Crippen LogP contribution in [0.4, 0.5) is 0 Å². The molecule has 176 valence electrons. The van der Waals surface area contributed by atoms with Gasteiger partial charge in [-0.05, 0) is 51.3 Å². The Morgan fingerprint density at radius 3 is 2.31 bits per heavy atom. The van der Waals surface area contributed by atoms with Crippen molar-refractivity contribution in [3.8, 4) is 0 Å². The number of aromatic nitrogens is 3. The van der Waals surface area contributed by atoms with E-state index in [9.17, 15) is 0 Å². The summed E-state index contributed by atoms with van der Waals surface area (Å²) in [6.45, 7) is 12.6. The number of likely N-dealkylation sites (tertiary alicyclic amines) is 1. The van der Waals surface area contributed by atoms with Crippen molar-refractivity contribution in [2.75, 3.05) is 19.6 Å². The summed E-state index contributed by atoms with van der Waals surface area (Å²) in [4.78, 5) is 7.56. The lowest BCUT2D eigenvalue weighted by Crippen LogP contribution is -2.50. The van der Waals surface area contributed by atoms with E-state index in [1.54, 1.807) is 0 Å². The molecule has 1 aromatic heterocycles. The third-order valence-corrected chi connectivity index (χ3v) is 6.57. The van der Waals surface area contributed by atoms with E-state index in [0.717, 1.165) is 24.2 Å². The van der Waals surface area contributed by atoms with E-state index in [-0.39, 0.29) is 6.04 Å². The van der Waals surface area contributed by atoms with E-state index in [1.165, 1.54) is 44.3 Å². The molecule has 1 saturated heterocycles. The van der Waals surface area contributed by atoms with E-state index in [0.29, 0.717) is 18.5 Å². The molecule has 0 bridgehead atoms. The zero-order valence-corrected chi connectivity index (χ0v) is 20.5. The lowest BCUT2D eigenvalue weighted by Gasteiger charge is -2.34. The average Bonchev–Trinajstić information content (AvgIpc) is 2.97. The Morgan fingerprint density at radius 1 is 1.03 bits per heavy atom. The van der Waals surface area contributed by atoms with Crippen LogP contribution < -0.4 is 10.6 Å². The molecule has 7 nitrogen and oxygen atoms in total. The molecule has 32 heavy (non-hydrogen) atoms. The van der Waals surface area contributed by atoms with Crippen molar-refractivity contribution in [3.63, 3.8) is 0 Å². The van der Waals surface area contributed by atoms with E-state index in [4.69, 9.17) is 4.99 Å². The molecule has 7 heteroatoms. The summed E-state index contributed by atoms with van der Waals surface area (Å²) in [7, 11) is 1.99. The molecule has 0 saturated carbocycles. The van der Waals surface area contributed by atoms with E-state index < -0.39 is 0 Å². The Kier molecular flexibility index (Phi) is 9.09. The molecule has 1 aromatic carbocycles. The highest BCUT2D eigenvalue weighted by Crippen LogP contribution is 2.17. The molecule has 2 atom stereocenters. The van der Waals surface area contributed by atoms with Crippen LogP contribution in [0.25, 0.3) is 0 Å². The van der Waals surface area contributed by atoms with E-state index in [2.05, 4.69) is 70.8 Å². The molecule has 1 fully saturated rings. The quantitative estimate of drug-likeness (QED) is 0.483. The van der Waals surface area contributed by atoms with Gasteiger partial charge in [0.25, 0.3) is 0 Å². The van der Waals surface area contributed by atoms with Crippen LogP contribution in [0.2, 0.25) is 0 Å². The molecule has 2 unspecified atom stereocenters. The number of aliphatic imine (C=N–C) groups is 1.